The number of carboxylic acid groups (broad SMARTS) is 1. The molecule has 6 atom stereocenters. The first-order valence-electron chi connectivity index (χ1n) is 10.5. The zero-order chi connectivity index (χ0) is 24.3. The topological polar surface area (TPSA) is 194 Å². The lowest BCUT2D eigenvalue weighted by atomic mass is 9.95. The summed E-state index contributed by atoms with van der Waals surface area (Å²) >= 11 is 0. The summed E-state index contributed by atoms with van der Waals surface area (Å²) in [5, 5.41) is 17.0. The summed E-state index contributed by atoms with van der Waals surface area (Å²) in [6.45, 7) is 8.52. The lowest BCUT2D eigenvalue weighted by Crippen LogP contribution is -2.59. The molecule has 178 valence electrons. The molecule has 8 N–H and O–H groups in total. The summed E-state index contributed by atoms with van der Waals surface area (Å²) < 4.78 is 0. The Morgan fingerprint density at radius 3 is 1.71 bits per heavy atom. The first-order valence-corrected chi connectivity index (χ1v) is 10.5. The van der Waals surface area contributed by atoms with Crippen molar-refractivity contribution in [3.63, 3.8) is 0 Å². The van der Waals surface area contributed by atoms with Crippen LogP contribution < -0.4 is 27.4 Å². The van der Waals surface area contributed by atoms with Crippen LogP contribution in [0.3, 0.4) is 0 Å². The van der Waals surface area contributed by atoms with Crippen molar-refractivity contribution in [2.45, 2.75) is 84.5 Å². The second-order valence-electron chi connectivity index (χ2n) is 7.94. The number of hydrogen-bond acceptors (Lipinski definition) is 6. The number of nitrogens with one attached hydrogen (secondary N) is 3. The Balaban J connectivity index is 5.57. The highest BCUT2D eigenvalue weighted by molar-refractivity contribution is 5.94. The monoisotopic (exact) mass is 443 g/mol. The van der Waals surface area contributed by atoms with Gasteiger partial charge in [-0.3, -0.25) is 19.2 Å². The number of rotatable bonds is 14. The molecule has 0 aliphatic carbocycles. The van der Waals surface area contributed by atoms with Crippen LogP contribution in [0.5, 0.6) is 0 Å². The van der Waals surface area contributed by atoms with Gasteiger partial charge >= 0.3 is 5.97 Å². The molecule has 31 heavy (non-hydrogen) atoms. The van der Waals surface area contributed by atoms with Gasteiger partial charge in [-0.15, -0.1) is 0 Å². The van der Waals surface area contributed by atoms with E-state index in [-0.39, 0.29) is 24.7 Å². The Hall–Kier alpha value is -2.69. The van der Waals surface area contributed by atoms with Crippen LogP contribution in [0, 0.1) is 11.8 Å². The molecule has 0 spiro atoms. The molecule has 0 saturated carbocycles. The minimum atomic E-state index is -1.17. The van der Waals surface area contributed by atoms with Gasteiger partial charge in [0, 0.05) is 6.42 Å². The number of hydrogen-bond donors (Lipinski definition) is 6. The molecule has 0 fully saturated rings. The van der Waals surface area contributed by atoms with Gasteiger partial charge in [0.2, 0.25) is 23.6 Å². The largest absolute Gasteiger partial charge is 0.480 e. The van der Waals surface area contributed by atoms with Crippen molar-refractivity contribution >= 4 is 29.6 Å². The zero-order valence-corrected chi connectivity index (χ0v) is 18.9. The fourth-order valence-electron chi connectivity index (χ4n) is 2.74. The molecule has 0 aromatic rings. The molecule has 0 aliphatic rings. The molecule has 0 aromatic heterocycles. The Bertz CT molecular complexity index is 654. The van der Waals surface area contributed by atoms with Crippen LogP contribution in [0.25, 0.3) is 0 Å². The molecule has 6 unspecified atom stereocenters. The number of carbonyl (C=O) groups is 5. The van der Waals surface area contributed by atoms with E-state index < -0.39 is 53.8 Å². The number of nitrogens with two attached hydrogens (primary N) is 2. The van der Waals surface area contributed by atoms with E-state index in [0.717, 1.165) is 0 Å². The predicted molar refractivity (Wildman–Crippen MR) is 114 cm³/mol. The third-order valence-corrected chi connectivity index (χ3v) is 5.30. The summed E-state index contributed by atoms with van der Waals surface area (Å²) in [4.78, 5) is 60.4. The van der Waals surface area contributed by atoms with E-state index in [0.29, 0.717) is 12.8 Å². The molecule has 0 radical (unpaired) electrons. The van der Waals surface area contributed by atoms with E-state index >= 15 is 0 Å². The Labute approximate surface area is 183 Å². The van der Waals surface area contributed by atoms with E-state index in [1.807, 2.05) is 13.8 Å². The zero-order valence-electron chi connectivity index (χ0n) is 18.9. The maximum Gasteiger partial charge on any atom is 0.326 e. The number of aliphatic carboxylic acids is 1. The van der Waals surface area contributed by atoms with Gasteiger partial charge in [0.25, 0.3) is 0 Å². The number of primary amides is 1. The van der Waals surface area contributed by atoms with Gasteiger partial charge in [0.1, 0.15) is 18.1 Å². The SMILES string of the molecule is CCC(C)C(NC(=O)C(NC(=O)C(CCC(N)=O)NC(=O)C(C)N)C(C)CC)C(=O)O. The van der Waals surface area contributed by atoms with Gasteiger partial charge in [0.15, 0.2) is 0 Å². The third kappa shape index (κ3) is 9.77. The second kappa shape index (κ2) is 13.6. The molecule has 0 rings (SSSR count). The van der Waals surface area contributed by atoms with Crippen LogP contribution in [-0.4, -0.2) is 58.9 Å². The number of carbonyl (C=O) groups excluding carboxylic acids is 4. The van der Waals surface area contributed by atoms with E-state index in [1.54, 1.807) is 13.8 Å². The third-order valence-electron chi connectivity index (χ3n) is 5.30. The highest BCUT2D eigenvalue weighted by Crippen LogP contribution is 2.13. The standard InChI is InChI=1S/C20H37N5O6/c1-6-10(3)15(19(29)25-16(20(30)31)11(4)7-2)24-18(28)13(8-9-14(22)26)23-17(27)12(5)21/h10-13,15-16H,6-9,21H2,1-5H3,(H2,22,26)(H,23,27)(H,24,28)(H,25,29)(H,30,31). The van der Waals surface area contributed by atoms with Gasteiger partial charge in [-0.1, -0.05) is 40.5 Å². The van der Waals surface area contributed by atoms with Gasteiger partial charge < -0.3 is 32.5 Å². The van der Waals surface area contributed by atoms with Crippen molar-refractivity contribution in [1.82, 2.24) is 16.0 Å². The smallest absolute Gasteiger partial charge is 0.326 e. The first-order chi connectivity index (χ1) is 14.3. The first kappa shape index (κ1) is 28.3. The van der Waals surface area contributed by atoms with Crippen LogP contribution in [-0.2, 0) is 24.0 Å². The van der Waals surface area contributed by atoms with Gasteiger partial charge in [-0.05, 0) is 25.2 Å². The van der Waals surface area contributed by atoms with E-state index in [4.69, 9.17) is 11.5 Å². The predicted octanol–water partition coefficient (Wildman–Crippen LogP) is -0.770. The van der Waals surface area contributed by atoms with Crippen molar-refractivity contribution in [2.24, 2.45) is 23.3 Å². The van der Waals surface area contributed by atoms with Crippen molar-refractivity contribution < 1.29 is 29.1 Å². The summed E-state index contributed by atoms with van der Waals surface area (Å²) in [6, 6.07) is -4.16. The molecule has 0 saturated heterocycles. The van der Waals surface area contributed by atoms with Crippen LogP contribution >= 0.6 is 0 Å². The summed E-state index contributed by atoms with van der Waals surface area (Å²) in [5.74, 6) is -4.38. The van der Waals surface area contributed by atoms with Gasteiger partial charge in [-0.25, -0.2) is 4.79 Å². The van der Waals surface area contributed by atoms with Crippen molar-refractivity contribution in [1.29, 1.82) is 0 Å². The number of amides is 4. The number of carboxylic acids is 1. The van der Waals surface area contributed by atoms with Gasteiger partial charge in [0.05, 0.1) is 6.04 Å². The maximum atomic E-state index is 12.9. The Kier molecular flexibility index (Phi) is 12.4. The fraction of sp³-hybridized carbons (Fsp3) is 0.750. The van der Waals surface area contributed by atoms with E-state index in [1.165, 1.54) is 6.92 Å². The minimum Gasteiger partial charge on any atom is -0.480 e. The van der Waals surface area contributed by atoms with Gasteiger partial charge in [-0.2, -0.15) is 0 Å². The minimum absolute atomic E-state index is 0.0703. The van der Waals surface area contributed by atoms with E-state index in [9.17, 15) is 29.1 Å². The van der Waals surface area contributed by atoms with Crippen molar-refractivity contribution in [3.05, 3.63) is 0 Å². The average molecular weight is 444 g/mol. The van der Waals surface area contributed by atoms with E-state index in [2.05, 4.69) is 16.0 Å². The summed E-state index contributed by atoms with van der Waals surface area (Å²) in [6.07, 6.45) is 0.833. The lowest BCUT2D eigenvalue weighted by molar-refractivity contribution is -0.144. The molecule has 0 aromatic carbocycles. The van der Waals surface area contributed by atoms with Crippen LogP contribution in [0.15, 0.2) is 0 Å². The molecule has 11 heteroatoms. The Morgan fingerprint density at radius 1 is 0.806 bits per heavy atom. The summed E-state index contributed by atoms with van der Waals surface area (Å²) in [5.41, 5.74) is 10.7. The van der Waals surface area contributed by atoms with Crippen LogP contribution in [0.2, 0.25) is 0 Å². The molecular formula is C20H37N5O6. The Morgan fingerprint density at radius 2 is 1.29 bits per heavy atom. The summed E-state index contributed by atoms with van der Waals surface area (Å²) in [7, 11) is 0. The lowest BCUT2D eigenvalue weighted by Gasteiger charge is -2.29. The molecule has 11 nitrogen and oxygen atoms in total. The van der Waals surface area contributed by atoms with Crippen LogP contribution in [0.1, 0.15) is 60.3 Å². The van der Waals surface area contributed by atoms with Crippen molar-refractivity contribution in [3.8, 4) is 0 Å². The molecule has 0 bridgehead atoms. The molecular weight excluding hydrogens is 406 g/mol. The maximum absolute atomic E-state index is 12.9. The highest BCUT2D eigenvalue weighted by Gasteiger charge is 2.33. The highest BCUT2D eigenvalue weighted by atomic mass is 16.4. The molecule has 0 heterocycles. The quantitative estimate of drug-likeness (QED) is 0.203. The second-order valence-corrected chi connectivity index (χ2v) is 7.94. The molecule has 4 amide bonds. The van der Waals surface area contributed by atoms with Crippen LogP contribution in [0.4, 0.5) is 0 Å². The fourth-order valence-corrected chi connectivity index (χ4v) is 2.74. The average Bonchev–Trinajstić information content (AvgIpc) is 2.70. The molecule has 0 aliphatic heterocycles. The normalized spacial score (nSPS) is 16.7. The van der Waals surface area contributed by atoms with Crippen molar-refractivity contribution in [2.75, 3.05) is 0 Å².